The Labute approximate surface area is 174 Å². The average Bonchev–Trinajstić information content (AvgIpc) is 3.05. The van der Waals surface area contributed by atoms with Crippen LogP contribution >= 0.6 is 35.7 Å². The molecule has 0 aliphatic carbocycles. The Morgan fingerprint density at radius 2 is 2.04 bits per heavy atom. The van der Waals surface area contributed by atoms with E-state index >= 15 is 0 Å². The third-order valence-corrected chi connectivity index (χ3v) is 5.18. The maximum atomic E-state index is 4.79. The minimum Gasteiger partial charge on any atom is -0.357 e. The molecule has 0 spiro atoms. The molecule has 1 heterocycles. The zero-order valence-corrected chi connectivity index (χ0v) is 18.7. The lowest BCUT2D eigenvalue weighted by Crippen LogP contribution is -2.38. The van der Waals surface area contributed by atoms with E-state index in [1.807, 2.05) is 11.8 Å². The summed E-state index contributed by atoms with van der Waals surface area (Å²) in [4.78, 5) is 8.68. The third kappa shape index (κ3) is 9.15. The first-order valence-electron chi connectivity index (χ1n) is 9.24. The molecular weight excluding hydrogens is 443 g/mol. The first kappa shape index (κ1) is 22.6. The second-order valence-corrected chi connectivity index (χ2v) is 7.43. The summed E-state index contributed by atoms with van der Waals surface area (Å²) in [7, 11) is 0. The van der Waals surface area contributed by atoms with Crippen LogP contribution < -0.4 is 10.6 Å². The predicted octanol–water partition coefficient (Wildman–Crippen LogP) is 3.68. The highest BCUT2D eigenvalue weighted by Crippen LogP contribution is 2.17. The maximum absolute atomic E-state index is 4.79. The molecular formula is C19H33IN4S. The number of guanidine groups is 1. The molecule has 142 valence electrons. The number of hydrogen-bond donors (Lipinski definition) is 2. The molecule has 1 unspecified atom stereocenters. The minimum atomic E-state index is 0. The molecule has 6 heteroatoms. The molecule has 0 saturated carbocycles. The van der Waals surface area contributed by atoms with Crippen molar-refractivity contribution in [3.63, 3.8) is 0 Å². The van der Waals surface area contributed by atoms with Gasteiger partial charge in [-0.05, 0) is 50.9 Å². The number of halogens is 1. The van der Waals surface area contributed by atoms with Crippen molar-refractivity contribution in [2.24, 2.45) is 10.9 Å². The molecule has 0 radical (unpaired) electrons. The first-order valence-corrected chi connectivity index (χ1v) is 10.2. The van der Waals surface area contributed by atoms with Gasteiger partial charge in [-0.3, -0.25) is 4.99 Å². The molecule has 1 aromatic rings. The second kappa shape index (κ2) is 13.7. The van der Waals surface area contributed by atoms with E-state index in [0.29, 0.717) is 5.92 Å². The number of thioether (sulfide) groups is 1. The summed E-state index contributed by atoms with van der Waals surface area (Å²) in [5, 5.41) is 6.81. The zero-order valence-electron chi connectivity index (χ0n) is 15.5. The van der Waals surface area contributed by atoms with Gasteiger partial charge in [-0.1, -0.05) is 25.1 Å². The number of rotatable bonds is 9. The van der Waals surface area contributed by atoms with E-state index in [2.05, 4.69) is 59.7 Å². The number of likely N-dealkylation sites (tertiary alicyclic amines) is 1. The maximum Gasteiger partial charge on any atom is 0.191 e. The zero-order chi connectivity index (χ0) is 17.0. The van der Waals surface area contributed by atoms with Crippen LogP contribution in [-0.4, -0.2) is 55.9 Å². The van der Waals surface area contributed by atoms with Crippen molar-refractivity contribution in [2.45, 2.75) is 31.6 Å². The van der Waals surface area contributed by atoms with Gasteiger partial charge in [-0.15, -0.1) is 35.7 Å². The summed E-state index contributed by atoms with van der Waals surface area (Å²) in [6, 6.07) is 10.6. The van der Waals surface area contributed by atoms with Gasteiger partial charge in [0.2, 0.25) is 0 Å². The monoisotopic (exact) mass is 476 g/mol. The first-order chi connectivity index (χ1) is 11.8. The topological polar surface area (TPSA) is 39.7 Å². The fourth-order valence-electron chi connectivity index (χ4n) is 3.00. The summed E-state index contributed by atoms with van der Waals surface area (Å²) in [5.41, 5.74) is 0. The van der Waals surface area contributed by atoms with Crippen LogP contribution in [0.5, 0.6) is 0 Å². The number of benzene rings is 1. The molecule has 1 atom stereocenters. The van der Waals surface area contributed by atoms with Gasteiger partial charge in [0.25, 0.3) is 0 Å². The van der Waals surface area contributed by atoms with Crippen LogP contribution in [0.2, 0.25) is 0 Å². The van der Waals surface area contributed by atoms with Gasteiger partial charge in [-0.2, -0.15) is 0 Å². The van der Waals surface area contributed by atoms with Crippen LogP contribution in [0.3, 0.4) is 0 Å². The standard InChI is InChI=1S/C19H32N4S.HI/c1-3-12-23-13-10-17(16-23)15-22-19(20-4-2)21-11-14-24-18-8-6-5-7-9-18;/h5-9,17H,3-4,10-16H2,1-2H3,(H2,20,21,22);1H. The summed E-state index contributed by atoms with van der Waals surface area (Å²) >= 11 is 1.88. The van der Waals surface area contributed by atoms with Crippen molar-refractivity contribution in [1.29, 1.82) is 0 Å². The van der Waals surface area contributed by atoms with Crippen molar-refractivity contribution >= 4 is 41.7 Å². The molecule has 1 aliphatic heterocycles. The summed E-state index contributed by atoms with van der Waals surface area (Å²) in [5.74, 6) is 2.72. The Bertz CT molecular complexity index is 484. The highest BCUT2D eigenvalue weighted by Gasteiger charge is 2.21. The van der Waals surface area contributed by atoms with Gasteiger partial charge < -0.3 is 15.5 Å². The Kier molecular flexibility index (Phi) is 12.4. The molecule has 25 heavy (non-hydrogen) atoms. The molecule has 1 aliphatic rings. The largest absolute Gasteiger partial charge is 0.357 e. The van der Waals surface area contributed by atoms with Crippen LogP contribution in [0.4, 0.5) is 0 Å². The SMILES string of the molecule is CCCN1CCC(CN=C(NCC)NCCSc2ccccc2)C1.I. The number of nitrogens with one attached hydrogen (secondary N) is 2. The van der Waals surface area contributed by atoms with Gasteiger partial charge in [0, 0.05) is 36.8 Å². The van der Waals surface area contributed by atoms with Gasteiger partial charge in [0.1, 0.15) is 0 Å². The summed E-state index contributed by atoms with van der Waals surface area (Å²) in [6.45, 7) is 10.8. The van der Waals surface area contributed by atoms with Gasteiger partial charge in [0.15, 0.2) is 5.96 Å². The minimum absolute atomic E-state index is 0. The average molecular weight is 476 g/mol. The van der Waals surface area contributed by atoms with E-state index in [4.69, 9.17) is 4.99 Å². The molecule has 1 saturated heterocycles. The van der Waals surface area contributed by atoms with E-state index in [-0.39, 0.29) is 24.0 Å². The lowest BCUT2D eigenvalue weighted by Gasteiger charge is -2.15. The highest BCUT2D eigenvalue weighted by atomic mass is 127. The Balaban J connectivity index is 0.00000312. The molecule has 0 amide bonds. The lowest BCUT2D eigenvalue weighted by atomic mass is 10.1. The molecule has 1 fully saturated rings. The van der Waals surface area contributed by atoms with Gasteiger partial charge in [0.05, 0.1) is 0 Å². The van der Waals surface area contributed by atoms with Crippen LogP contribution in [0.1, 0.15) is 26.7 Å². The van der Waals surface area contributed by atoms with E-state index < -0.39 is 0 Å². The molecule has 2 N–H and O–H groups in total. The Hall–Kier alpha value is -0.470. The summed E-state index contributed by atoms with van der Waals surface area (Å²) < 4.78 is 0. The van der Waals surface area contributed by atoms with E-state index in [0.717, 1.165) is 31.3 Å². The van der Waals surface area contributed by atoms with Gasteiger partial charge in [-0.25, -0.2) is 0 Å². The van der Waals surface area contributed by atoms with Crippen molar-refractivity contribution in [2.75, 3.05) is 45.0 Å². The number of nitrogens with zero attached hydrogens (tertiary/aromatic N) is 2. The highest BCUT2D eigenvalue weighted by molar-refractivity contribution is 14.0. The molecule has 0 bridgehead atoms. The number of aliphatic imine (C=N–C) groups is 1. The van der Waals surface area contributed by atoms with Crippen molar-refractivity contribution < 1.29 is 0 Å². The van der Waals surface area contributed by atoms with E-state index in [9.17, 15) is 0 Å². The molecule has 4 nitrogen and oxygen atoms in total. The second-order valence-electron chi connectivity index (χ2n) is 6.26. The third-order valence-electron chi connectivity index (χ3n) is 4.17. The molecule has 1 aromatic carbocycles. The fourth-order valence-corrected chi connectivity index (χ4v) is 3.79. The molecule has 2 rings (SSSR count). The van der Waals surface area contributed by atoms with Crippen molar-refractivity contribution in [3.8, 4) is 0 Å². The summed E-state index contributed by atoms with van der Waals surface area (Å²) in [6.07, 6.45) is 2.53. The van der Waals surface area contributed by atoms with Crippen LogP contribution in [0, 0.1) is 5.92 Å². The Morgan fingerprint density at radius 1 is 1.24 bits per heavy atom. The van der Waals surface area contributed by atoms with Crippen LogP contribution in [0.15, 0.2) is 40.2 Å². The predicted molar refractivity (Wildman–Crippen MR) is 121 cm³/mol. The lowest BCUT2D eigenvalue weighted by molar-refractivity contribution is 0.326. The fraction of sp³-hybridized carbons (Fsp3) is 0.632. The van der Waals surface area contributed by atoms with Crippen LogP contribution in [0.25, 0.3) is 0 Å². The normalized spacial score (nSPS) is 18.0. The molecule has 0 aromatic heterocycles. The van der Waals surface area contributed by atoms with Gasteiger partial charge >= 0.3 is 0 Å². The van der Waals surface area contributed by atoms with Crippen LogP contribution in [-0.2, 0) is 0 Å². The Morgan fingerprint density at radius 3 is 2.76 bits per heavy atom. The number of hydrogen-bond acceptors (Lipinski definition) is 3. The van der Waals surface area contributed by atoms with E-state index in [1.165, 1.54) is 37.4 Å². The van der Waals surface area contributed by atoms with Crippen molar-refractivity contribution in [3.05, 3.63) is 30.3 Å². The van der Waals surface area contributed by atoms with E-state index in [1.54, 1.807) is 0 Å². The van der Waals surface area contributed by atoms with Crippen molar-refractivity contribution in [1.82, 2.24) is 15.5 Å². The quantitative estimate of drug-likeness (QED) is 0.188. The smallest absolute Gasteiger partial charge is 0.191 e.